The minimum Gasteiger partial charge on any atom is -0.464 e. The van der Waals surface area contributed by atoms with Gasteiger partial charge in [-0.05, 0) is 29.7 Å². The Morgan fingerprint density at radius 2 is 2.04 bits per heavy atom. The molecule has 23 heavy (non-hydrogen) atoms. The summed E-state index contributed by atoms with van der Waals surface area (Å²) < 4.78 is 5.40. The van der Waals surface area contributed by atoms with Crippen LogP contribution in [-0.2, 0) is 9.53 Å². The fourth-order valence-electron chi connectivity index (χ4n) is 2.47. The summed E-state index contributed by atoms with van der Waals surface area (Å²) in [6.45, 7) is 8.69. The summed E-state index contributed by atoms with van der Waals surface area (Å²) in [5.41, 5.74) is 0. The highest BCUT2D eigenvalue weighted by atomic mass is 32.2. The molecule has 1 amide bonds. The minimum atomic E-state index is -0.475. The van der Waals surface area contributed by atoms with Crippen LogP contribution < -0.4 is 0 Å². The number of hydrogen-bond donors (Lipinski definition) is 0. The zero-order valence-electron chi connectivity index (χ0n) is 14.2. The summed E-state index contributed by atoms with van der Waals surface area (Å²) in [6, 6.07) is 3.21. The number of esters is 1. The number of carbonyl (C=O) groups is 2. The Hall–Kier alpha value is -1.01. The number of thiophene rings is 1. The van der Waals surface area contributed by atoms with Gasteiger partial charge in [0.1, 0.15) is 6.04 Å². The highest BCUT2D eigenvalue weighted by Crippen LogP contribution is 2.35. The summed E-state index contributed by atoms with van der Waals surface area (Å²) in [4.78, 5) is 27.7. The van der Waals surface area contributed by atoms with Gasteiger partial charge in [0.2, 0.25) is 0 Å². The second kappa shape index (κ2) is 8.20. The molecule has 1 aliphatic heterocycles. The standard InChI is InChI=1S/C17H25NO3S2/c1-11(2)8-15-18(16(19)14-6-5-7-22-14)13(10-23-15)17(20)21-9-12(3)4/h5-7,11-13,15H,8-10H2,1-4H3. The topological polar surface area (TPSA) is 46.6 Å². The zero-order valence-corrected chi connectivity index (χ0v) is 15.8. The summed E-state index contributed by atoms with van der Waals surface area (Å²) in [5.74, 6) is 1.05. The second-order valence-electron chi connectivity index (χ2n) is 6.65. The van der Waals surface area contributed by atoms with Crippen molar-refractivity contribution >= 4 is 35.0 Å². The van der Waals surface area contributed by atoms with Crippen LogP contribution in [0.4, 0.5) is 0 Å². The molecule has 0 saturated carbocycles. The lowest BCUT2D eigenvalue weighted by Gasteiger charge is -2.29. The van der Waals surface area contributed by atoms with Gasteiger partial charge in [-0.3, -0.25) is 4.79 Å². The molecule has 1 aliphatic rings. The number of rotatable bonds is 6. The Kier molecular flexibility index (Phi) is 6.53. The van der Waals surface area contributed by atoms with Crippen LogP contribution in [0, 0.1) is 11.8 Å². The molecule has 0 aromatic carbocycles. The molecule has 2 atom stereocenters. The maximum absolute atomic E-state index is 12.9. The quantitative estimate of drug-likeness (QED) is 0.727. The molecule has 0 N–H and O–H groups in total. The van der Waals surface area contributed by atoms with Gasteiger partial charge in [0, 0.05) is 5.75 Å². The average molecular weight is 356 g/mol. The van der Waals surface area contributed by atoms with Gasteiger partial charge in [-0.25, -0.2) is 4.79 Å². The van der Waals surface area contributed by atoms with Crippen molar-refractivity contribution in [1.29, 1.82) is 0 Å². The molecule has 1 saturated heterocycles. The van der Waals surface area contributed by atoms with Gasteiger partial charge >= 0.3 is 5.97 Å². The van der Waals surface area contributed by atoms with Crippen molar-refractivity contribution in [2.75, 3.05) is 12.4 Å². The molecule has 0 bridgehead atoms. The third kappa shape index (κ3) is 4.73. The molecule has 1 aromatic rings. The van der Waals surface area contributed by atoms with E-state index in [4.69, 9.17) is 4.74 Å². The van der Waals surface area contributed by atoms with E-state index >= 15 is 0 Å². The molecule has 6 heteroatoms. The Bertz CT molecular complexity index is 528. The predicted molar refractivity (Wildman–Crippen MR) is 95.8 cm³/mol. The highest BCUT2D eigenvalue weighted by molar-refractivity contribution is 8.00. The lowest BCUT2D eigenvalue weighted by atomic mass is 10.1. The van der Waals surface area contributed by atoms with E-state index in [1.54, 1.807) is 16.7 Å². The molecule has 128 valence electrons. The minimum absolute atomic E-state index is 0.0428. The summed E-state index contributed by atoms with van der Waals surface area (Å²) in [5, 5.41) is 1.93. The smallest absolute Gasteiger partial charge is 0.329 e. The first kappa shape index (κ1) is 18.3. The fraction of sp³-hybridized carbons (Fsp3) is 0.647. The van der Waals surface area contributed by atoms with Crippen LogP contribution in [0.25, 0.3) is 0 Å². The summed E-state index contributed by atoms with van der Waals surface area (Å²) >= 11 is 3.10. The lowest BCUT2D eigenvalue weighted by molar-refractivity contribution is -0.149. The predicted octanol–water partition coefficient (Wildman–Crippen LogP) is 3.88. The molecule has 2 rings (SSSR count). The van der Waals surface area contributed by atoms with Crippen LogP contribution >= 0.6 is 23.1 Å². The molecule has 2 heterocycles. The van der Waals surface area contributed by atoms with Crippen molar-refractivity contribution in [1.82, 2.24) is 4.90 Å². The average Bonchev–Trinajstić information content (AvgIpc) is 3.12. The number of nitrogens with zero attached hydrogens (tertiary/aromatic N) is 1. The third-order valence-electron chi connectivity index (χ3n) is 3.56. The molecule has 2 unspecified atom stereocenters. The summed E-state index contributed by atoms with van der Waals surface area (Å²) in [6.07, 6.45) is 0.885. The van der Waals surface area contributed by atoms with Crippen LogP contribution in [0.3, 0.4) is 0 Å². The monoisotopic (exact) mass is 355 g/mol. The number of ether oxygens (including phenoxy) is 1. The van der Waals surface area contributed by atoms with E-state index in [2.05, 4.69) is 13.8 Å². The SMILES string of the molecule is CC(C)COC(=O)C1CSC(CC(C)C)N1C(=O)c1cccs1. The van der Waals surface area contributed by atoms with Gasteiger partial charge < -0.3 is 9.64 Å². The third-order valence-corrected chi connectivity index (χ3v) is 5.73. The Morgan fingerprint density at radius 3 is 2.61 bits per heavy atom. The number of carbonyl (C=O) groups excluding carboxylic acids is 2. The molecule has 0 radical (unpaired) electrons. The van der Waals surface area contributed by atoms with Crippen LogP contribution in [0.2, 0.25) is 0 Å². The van der Waals surface area contributed by atoms with Crippen molar-refractivity contribution in [2.45, 2.75) is 45.5 Å². The highest BCUT2D eigenvalue weighted by Gasteiger charge is 2.43. The normalized spacial score (nSPS) is 21.2. The summed E-state index contributed by atoms with van der Waals surface area (Å²) in [7, 11) is 0. The maximum atomic E-state index is 12.9. The van der Waals surface area contributed by atoms with E-state index in [9.17, 15) is 9.59 Å². The van der Waals surface area contributed by atoms with E-state index in [-0.39, 0.29) is 17.3 Å². The van der Waals surface area contributed by atoms with Gasteiger partial charge in [0.25, 0.3) is 5.91 Å². The first-order valence-corrected chi connectivity index (χ1v) is 9.97. The maximum Gasteiger partial charge on any atom is 0.329 e. The van der Waals surface area contributed by atoms with E-state index in [1.807, 2.05) is 31.4 Å². The number of hydrogen-bond acceptors (Lipinski definition) is 5. The Morgan fingerprint density at radius 1 is 1.30 bits per heavy atom. The van der Waals surface area contributed by atoms with Crippen molar-refractivity contribution < 1.29 is 14.3 Å². The van der Waals surface area contributed by atoms with E-state index in [0.29, 0.717) is 29.1 Å². The van der Waals surface area contributed by atoms with Gasteiger partial charge in [0.15, 0.2) is 0 Å². The van der Waals surface area contributed by atoms with Crippen molar-refractivity contribution in [3.8, 4) is 0 Å². The van der Waals surface area contributed by atoms with Gasteiger partial charge in [-0.2, -0.15) is 0 Å². The molecular weight excluding hydrogens is 330 g/mol. The fourth-order valence-corrected chi connectivity index (χ4v) is 4.77. The Labute approximate surface area is 146 Å². The van der Waals surface area contributed by atoms with Crippen LogP contribution in [0.15, 0.2) is 17.5 Å². The van der Waals surface area contributed by atoms with Crippen LogP contribution in [0.5, 0.6) is 0 Å². The molecular formula is C17H25NO3S2. The van der Waals surface area contributed by atoms with Crippen LogP contribution in [-0.4, -0.2) is 40.6 Å². The molecule has 4 nitrogen and oxygen atoms in total. The van der Waals surface area contributed by atoms with Crippen molar-refractivity contribution in [3.05, 3.63) is 22.4 Å². The van der Waals surface area contributed by atoms with Gasteiger partial charge in [-0.1, -0.05) is 33.8 Å². The van der Waals surface area contributed by atoms with E-state index in [1.165, 1.54) is 11.3 Å². The van der Waals surface area contributed by atoms with E-state index in [0.717, 1.165) is 6.42 Å². The lowest BCUT2D eigenvalue weighted by Crippen LogP contribution is -2.46. The molecule has 0 spiro atoms. The van der Waals surface area contributed by atoms with E-state index < -0.39 is 6.04 Å². The van der Waals surface area contributed by atoms with Crippen molar-refractivity contribution in [3.63, 3.8) is 0 Å². The molecule has 1 fully saturated rings. The first-order valence-electron chi connectivity index (χ1n) is 8.04. The zero-order chi connectivity index (χ0) is 17.0. The Balaban J connectivity index is 2.16. The van der Waals surface area contributed by atoms with Crippen LogP contribution in [0.1, 0.15) is 43.8 Å². The van der Waals surface area contributed by atoms with Gasteiger partial charge in [0.05, 0.1) is 16.9 Å². The molecule has 1 aromatic heterocycles. The number of amides is 1. The first-order chi connectivity index (χ1) is 10.9. The largest absolute Gasteiger partial charge is 0.464 e. The van der Waals surface area contributed by atoms with Gasteiger partial charge in [-0.15, -0.1) is 23.1 Å². The molecule has 0 aliphatic carbocycles. The second-order valence-corrected chi connectivity index (χ2v) is 8.81. The van der Waals surface area contributed by atoms with Crippen molar-refractivity contribution in [2.24, 2.45) is 11.8 Å². The number of thioether (sulfide) groups is 1.